The molecule has 0 bridgehead atoms. The van der Waals surface area contributed by atoms with Gasteiger partial charge < -0.3 is 11.1 Å². The number of carbonyl (C=O) groups excluding carboxylic acids is 1. The van der Waals surface area contributed by atoms with Crippen molar-refractivity contribution in [1.29, 1.82) is 0 Å². The molecule has 0 unspecified atom stereocenters. The normalized spacial score (nSPS) is 10.0. The largest absolute Gasteiger partial charge is 0.326 e. The maximum Gasteiger partial charge on any atom is 0.324 e. The number of carbonyl (C=O) groups is 1. The van der Waals surface area contributed by atoms with Crippen LogP contribution in [0.1, 0.15) is 5.56 Å². The van der Waals surface area contributed by atoms with E-state index in [0.29, 0.717) is 12.2 Å². The molecule has 98 valence electrons. The molecule has 0 aliphatic heterocycles. The van der Waals surface area contributed by atoms with Crippen LogP contribution in [0.4, 0.5) is 20.7 Å². The Kier molecular flexibility index (Phi) is 4.04. The highest BCUT2D eigenvalue weighted by Gasteiger charge is 2.03. The molecule has 2 rings (SSSR count). The van der Waals surface area contributed by atoms with Crippen LogP contribution in [-0.2, 0) is 6.54 Å². The van der Waals surface area contributed by atoms with E-state index in [2.05, 4.69) is 15.6 Å². The molecule has 2 aromatic rings. The summed E-state index contributed by atoms with van der Waals surface area (Å²) in [5, 5.41) is 5.13. The van der Waals surface area contributed by atoms with Crippen molar-refractivity contribution in [2.75, 3.05) is 10.6 Å². The Bertz CT molecular complexity index is 554. The lowest BCUT2D eigenvalue weighted by Gasteiger charge is -2.07. The summed E-state index contributed by atoms with van der Waals surface area (Å²) in [6.45, 7) is 0.450. The van der Waals surface area contributed by atoms with Crippen molar-refractivity contribution < 1.29 is 9.18 Å². The first-order valence-corrected chi connectivity index (χ1v) is 5.66. The lowest BCUT2D eigenvalue weighted by Crippen LogP contribution is -2.20. The molecule has 1 aromatic heterocycles. The molecule has 0 saturated carbocycles. The molecule has 6 heteroatoms. The topological polar surface area (TPSA) is 80.0 Å². The number of nitrogens with one attached hydrogen (secondary N) is 2. The molecule has 2 amide bonds. The Labute approximate surface area is 109 Å². The van der Waals surface area contributed by atoms with Crippen LogP contribution in [0.15, 0.2) is 42.6 Å². The van der Waals surface area contributed by atoms with Crippen molar-refractivity contribution in [3.05, 3.63) is 54.0 Å². The fraction of sp³-hybridized carbons (Fsp3) is 0.0769. The summed E-state index contributed by atoms with van der Waals surface area (Å²) in [6, 6.07) is 9.31. The Morgan fingerprint density at radius 3 is 2.47 bits per heavy atom. The fourth-order valence-electron chi connectivity index (χ4n) is 1.45. The Balaban J connectivity index is 1.95. The second kappa shape index (κ2) is 5.92. The van der Waals surface area contributed by atoms with Crippen LogP contribution in [0, 0.1) is 5.82 Å². The minimum Gasteiger partial charge on any atom is -0.326 e. The molecular weight excluding hydrogens is 247 g/mol. The van der Waals surface area contributed by atoms with Crippen LogP contribution >= 0.6 is 0 Å². The van der Waals surface area contributed by atoms with Crippen LogP contribution in [0.3, 0.4) is 0 Å². The monoisotopic (exact) mass is 260 g/mol. The molecule has 1 heterocycles. The highest BCUT2D eigenvalue weighted by Crippen LogP contribution is 2.10. The van der Waals surface area contributed by atoms with E-state index in [1.54, 1.807) is 12.1 Å². The van der Waals surface area contributed by atoms with Crippen molar-refractivity contribution in [3.63, 3.8) is 0 Å². The van der Waals surface area contributed by atoms with Crippen molar-refractivity contribution in [3.8, 4) is 0 Å². The molecule has 0 aliphatic carbocycles. The van der Waals surface area contributed by atoms with Gasteiger partial charge in [-0.15, -0.1) is 0 Å². The molecule has 0 fully saturated rings. The number of anilines is 2. The summed E-state index contributed by atoms with van der Waals surface area (Å²) in [7, 11) is 0. The lowest BCUT2D eigenvalue weighted by molar-refractivity contribution is 0.262. The van der Waals surface area contributed by atoms with Crippen LogP contribution in [-0.4, -0.2) is 11.0 Å². The first-order chi connectivity index (χ1) is 9.17. The molecule has 0 saturated heterocycles. The van der Waals surface area contributed by atoms with Gasteiger partial charge in [0.05, 0.1) is 6.20 Å². The molecule has 1 aromatic carbocycles. The lowest BCUT2D eigenvalue weighted by atomic mass is 10.2. The summed E-state index contributed by atoms with van der Waals surface area (Å²) in [4.78, 5) is 15.4. The van der Waals surface area contributed by atoms with Gasteiger partial charge in [0, 0.05) is 12.2 Å². The van der Waals surface area contributed by atoms with E-state index >= 15 is 0 Å². The first-order valence-electron chi connectivity index (χ1n) is 5.66. The van der Waals surface area contributed by atoms with E-state index in [0.717, 1.165) is 11.8 Å². The van der Waals surface area contributed by atoms with Crippen LogP contribution in [0.5, 0.6) is 0 Å². The van der Waals surface area contributed by atoms with Gasteiger partial charge in [-0.2, -0.15) is 0 Å². The van der Waals surface area contributed by atoms with Gasteiger partial charge in [-0.25, -0.2) is 14.2 Å². The number of nitrogens with zero attached hydrogens (tertiary/aromatic N) is 1. The third kappa shape index (κ3) is 3.75. The molecule has 0 spiro atoms. The summed E-state index contributed by atoms with van der Waals surface area (Å²) in [5.74, 6) is -0.180. The molecule has 19 heavy (non-hydrogen) atoms. The van der Waals surface area contributed by atoms with E-state index in [9.17, 15) is 9.18 Å². The van der Waals surface area contributed by atoms with Gasteiger partial charge >= 0.3 is 6.03 Å². The number of rotatable bonds is 3. The van der Waals surface area contributed by atoms with E-state index in [1.165, 1.54) is 12.1 Å². The second-order valence-electron chi connectivity index (χ2n) is 3.84. The molecule has 0 aliphatic rings. The smallest absolute Gasteiger partial charge is 0.324 e. The van der Waals surface area contributed by atoms with E-state index < -0.39 is 11.8 Å². The third-order valence-corrected chi connectivity index (χ3v) is 2.42. The van der Waals surface area contributed by atoms with Gasteiger partial charge in [0.1, 0.15) is 11.6 Å². The summed E-state index contributed by atoms with van der Waals surface area (Å²) in [6.07, 6.45) is 1.03. The molecular formula is C13H13FN4O. The second-order valence-corrected chi connectivity index (χ2v) is 3.84. The maximum atomic E-state index is 12.6. The predicted octanol–water partition coefficient (Wildman–Crippen LogP) is 2.32. The van der Waals surface area contributed by atoms with Gasteiger partial charge in [0.25, 0.3) is 0 Å². The number of benzene rings is 1. The molecule has 5 nitrogen and oxygen atoms in total. The average molecular weight is 260 g/mol. The summed E-state index contributed by atoms with van der Waals surface area (Å²) in [5.41, 5.74) is 7.09. The predicted molar refractivity (Wildman–Crippen MR) is 71.2 cm³/mol. The van der Waals surface area contributed by atoms with Crippen molar-refractivity contribution >= 4 is 17.5 Å². The molecule has 0 radical (unpaired) electrons. The van der Waals surface area contributed by atoms with Crippen LogP contribution in [0.25, 0.3) is 0 Å². The Morgan fingerprint density at radius 1 is 1.16 bits per heavy atom. The van der Waals surface area contributed by atoms with Gasteiger partial charge in [0.15, 0.2) is 0 Å². The fourth-order valence-corrected chi connectivity index (χ4v) is 1.45. The average Bonchev–Trinajstić information content (AvgIpc) is 2.42. The molecule has 0 atom stereocenters. The zero-order valence-electron chi connectivity index (χ0n) is 10.1. The van der Waals surface area contributed by atoms with Gasteiger partial charge in [0.2, 0.25) is 0 Å². The first kappa shape index (κ1) is 13.0. The summed E-state index contributed by atoms with van der Waals surface area (Å²) >= 11 is 0. The highest BCUT2D eigenvalue weighted by atomic mass is 19.1. The summed E-state index contributed by atoms with van der Waals surface area (Å²) < 4.78 is 12.6. The zero-order valence-corrected chi connectivity index (χ0v) is 10.1. The molecule has 4 N–H and O–H groups in total. The standard InChI is InChI=1S/C13H13FN4O/c14-10-3-6-12(16-8-10)18-13(19)17-11-4-1-9(7-15)2-5-11/h1-6,8H,7,15H2,(H2,16,17,18,19). The Hall–Kier alpha value is -2.47. The van der Waals surface area contributed by atoms with Crippen molar-refractivity contribution in [1.82, 2.24) is 4.98 Å². The van der Waals surface area contributed by atoms with Crippen LogP contribution < -0.4 is 16.4 Å². The van der Waals surface area contributed by atoms with E-state index in [4.69, 9.17) is 5.73 Å². The van der Waals surface area contributed by atoms with E-state index in [1.807, 2.05) is 12.1 Å². The maximum absolute atomic E-state index is 12.6. The highest BCUT2D eigenvalue weighted by molar-refractivity contribution is 5.99. The number of hydrogen-bond acceptors (Lipinski definition) is 3. The van der Waals surface area contributed by atoms with Gasteiger partial charge in [-0.05, 0) is 29.8 Å². The number of hydrogen-bond donors (Lipinski definition) is 3. The number of aromatic nitrogens is 1. The number of halogens is 1. The zero-order chi connectivity index (χ0) is 13.7. The number of urea groups is 1. The van der Waals surface area contributed by atoms with E-state index in [-0.39, 0.29) is 5.82 Å². The van der Waals surface area contributed by atoms with Gasteiger partial charge in [-0.1, -0.05) is 12.1 Å². The van der Waals surface area contributed by atoms with Crippen LogP contribution in [0.2, 0.25) is 0 Å². The minimum absolute atomic E-state index is 0.275. The third-order valence-electron chi connectivity index (χ3n) is 2.42. The number of amides is 2. The quantitative estimate of drug-likeness (QED) is 0.792. The SMILES string of the molecule is NCc1ccc(NC(=O)Nc2ccc(F)cn2)cc1. The van der Waals surface area contributed by atoms with Gasteiger partial charge in [-0.3, -0.25) is 5.32 Å². The van der Waals surface area contributed by atoms with Crippen molar-refractivity contribution in [2.45, 2.75) is 6.54 Å². The Morgan fingerprint density at radius 2 is 1.89 bits per heavy atom. The number of nitrogens with two attached hydrogens (primary N) is 1. The van der Waals surface area contributed by atoms with Crippen molar-refractivity contribution in [2.24, 2.45) is 5.73 Å². The minimum atomic E-state index is -0.455. The number of pyridine rings is 1.